The van der Waals surface area contributed by atoms with Crippen LogP contribution < -0.4 is 15.4 Å². The molecule has 1 amide bonds. The van der Waals surface area contributed by atoms with Crippen molar-refractivity contribution in [3.63, 3.8) is 0 Å². The molecule has 0 unspecified atom stereocenters. The fourth-order valence-corrected chi connectivity index (χ4v) is 2.83. The van der Waals surface area contributed by atoms with Gasteiger partial charge in [0.1, 0.15) is 11.5 Å². The molecule has 3 rings (SSSR count). The van der Waals surface area contributed by atoms with Gasteiger partial charge in [0.25, 0.3) is 5.91 Å². The molecule has 1 aromatic heterocycles. The maximum atomic E-state index is 13.8. The van der Waals surface area contributed by atoms with Crippen molar-refractivity contribution in [3.05, 3.63) is 47.7 Å². The molecule has 0 saturated carbocycles. The molecule has 8 heteroatoms. The number of hydrogen-bond acceptors (Lipinski definition) is 6. The van der Waals surface area contributed by atoms with E-state index < -0.39 is 5.91 Å². The zero-order valence-electron chi connectivity index (χ0n) is 14.0. The second-order valence-corrected chi connectivity index (χ2v) is 5.86. The number of hydrogen-bond donors (Lipinski definition) is 1. The van der Waals surface area contributed by atoms with E-state index in [0.717, 1.165) is 31.7 Å². The van der Waals surface area contributed by atoms with Crippen molar-refractivity contribution in [3.8, 4) is 5.75 Å². The van der Waals surface area contributed by atoms with Crippen LogP contribution in [0.5, 0.6) is 5.75 Å². The van der Waals surface area contributed by atoms with Crippen molar-refractivity contribution in [2.45, 2.75) is 6.54 Å². The number of piperazine rings is 1. The first-order chi connectivity index (χ1) is 12.1. The number of amides is 1. The van der Waals surface area contributed by atoms with E-state index in [1.54, 1.807) is 12.3 Å². The van der Waals surface area contributed by atoms with Crippen LogP contribution in [0, 0.1) is 5.82 Å². The van der Waals surface area contributed by atoms with Crippen LogP contribution in [0.25, 0.3) is 0 Å². The lowest BCUT2D eigenvalue weighted by Crippen LogP contribution is -2.46. The third-order valence-corrected chi connectivity index (χ3v) is 4.19. The lowest BCUT2D eigenvalue weighted by Gasteiger charge is -2.35. The minimum atomic E-state index is -0.588. The largest absolute Gasteiger partial charge is 0.494 e. The second kappa shape index (κ2) is 7.43. The number of methoxy groups -OCH3 is 1. The average Bonchev–Trinajstić information content (AvgIpc) is 2.62. The number of ether oxygens (including phenoxy) is 1. The van der Waals surface area contributed by atoms with E-state index in [4.69, 9.17) is 10.5 Å². The topological polar surface area (TPSA) is 84.6 Å². The summed E-state index contributed by atoms with van der Waals surface area (Å²) in [6.45, 7) is 3.76. The smallest absolute Gasteiger partial charge is 0.268 e. The molecule has 0 radical (unpaired) electrons. The van der Waals surface area contributed by atoms with E-state index in [1.165, 1.54) is 19.4 Å². The highest BCUT2D eigenvalue weighted by Crippen LogP contribution is 2.20. The van der Waals surface area contributed by atoms with Gasteiger partial charge < -0.3 is 15.4 Å². The maximum absolute atomic E-state index is 13.8. The number of carbonyl (C=O) groups is 1. The standard InChI is InChI=1S/C17H20FN5O2/c1-25-15-3-2-12(8-13(15)18)11-22-4-6-23(7-5-22)16-10-20-9-14(21-16)17(19)24/h2-3,8-10H,4-7,11H2,1H3,(H2,19,24). The lowest BCUT2D eigenvalue weighted by atomic mass is 10.2. The van der Waals surface area contributed by atoms with Gasteiger partial charge in [-0.15, -0.1) is 0 Å². The Morgan fingerprint density at radius 2 is 2.04 bits per heavy atom. The number of nitrogens with zero attached hydrogens (tertiary/aromatic N) is 4. The van der Waals surface area contributed by atoms with Gasteiger partial charge in [0.2, 0.25) is 0 Å². The third-order valence-electron chi connectivity index (χ3n) is 4.19. The van der Waals surface area contributed by atoms with Gasteiger partial charge in [-0.05, 0) is 17.7 Å². The minimum Gasteiger partial charge on any atom is -0.494 e. The molecule has 1 fully saturated rings. The molecule has 0 bridgehead atoms. The van der Waals surface area contributed by atoms with Crippen molar-refractivity contribution < 1.29 is 13.9 Å². The number of primary amides is 1. The van der Waals surface area contributed by atoms with Crippen LogP contribution in [-0.2, 0) is 6.54 Å². The second-order valence-electron chi connectivity index (χ2n) is 5.86. The molecule has 1 aromatic carbocycles. The van der Waals surface area contributed by atoms with Crippen LogP contribution in [0.2, 0.25) is 0 Å². The number of anilines is 1. The fraction of sp³-hybridized carbons (Fsp3) is 0.353. The SMILES string of the molecule is COc1ccc(CN2CCN(c3cncc(C(N)=O)n3)CC2)cc1F. The number of carbonyl (C=O) groups excluding carboxylic acids is 1. The van der Waals surface area contributed by atoms with E-state index in [2.05, 4.69) is 19.8 Å². The Hall–Kier alpha value is -2.74. The molecular weight excluding hydrogens is 325 g/mol. The summed E-state index contributed by atoms with van der Waals surface area (Å²) in [6, 6.07) is 5.02. The zero-order chi connectivity index (χ0) is 17.8. The average molecular weight is 345 g/mol. The quantitative estimate of drug-likeness (QED) is 0.872. The number of rotatable bonds is 5. The molecule has 1 saturated heterocycles. The van der Waals surface area contributed by atoms with Crippen molar-refractivity contribution in [1.29, 1.82) is 0 Å². The van der Waals surface area contributed by atoms with Gasteiger partial charge >= 0.3 is 0 Å². The molecule has 7 nitrogen and oxygen atoms in total. The highest BCUT2D eigenvalue weighted by Gasteiger charge is 2.19. The van der Waals surface area contributed by atoms with E-state index in [1.807, 2.05) is 6.07 Å². The van der Waals surface area contributed by atoms with E-state index >= 15 is 0 Å². The van der Waals surface area contributed by atoms with Crippen LogP contribution in [0.3, 0.4) is 0 Å². The van der Waals surface area contributed by atoms with Crippen LogP contribution in [0.1, 0.15) is 16.1 Å². The maximum Gasteiger partial charge on any atom is 0.268 e. The van der Waals surface area contributed by atoms with Crippen molar-refractivity contribution in [2.24, 2.45) is 5.73 Å². The van der Waals surface area contributed by atoms with Crippen LogP contribution in [-0.4, -0.2) is 54.1 Å². The first kappa shape index (κ1) is 17.1. The molecule has 2 heterocycles. The van der Waals surface area contributed by atoms with Gasteiger partial charge in [-0.3, -0.25) is 14.7 Å². The summed E-state index contributed by atoms with van der Waals surface area (Å²) in [7, 11) is 1.45. The Bertz CT molecular complexity index is 762. The molecule has 2 N–H and O–H groups in total. The zero-order valence-corrected chi connectivity index (χ0v) is 14.0. The van der Waals surface area contributed by atoms with Gasteiger partial charge in [0, 0.05) is 32.7 Å². The fourth-order valence-electron chi connectivity index (χ4n) is 2.83. The molecule has 0 atom stereocenters. The normalized spacial score (nSPS) is 15.2. The van der Waals surface area contributed by atoms with E-state index in [-0.39, 0.29) is 17.3 Å². The summed E-state index contributed by atoms with van der Waals surface area (Å²) in [6.07, 6.45) is 2.99. The summed E-state index contributed by atoms with van der Waals surface area (Å²) in [5.41, 5.74) is 6.31. The molecule has 2 aromatic rings. The van der Waals surface area contributed by atoms with E-state index in [0.29, 0.717) is 12.4 Å². The third kappa shape index (κ3) is 4.03. The first-order valence-corrected chi connectivity index (χ1v) is 7.98. The molecule has 0 spiro atoms. The minimum absolute atomic E-state index is 0.161. The van der Waals surface area contributed by atoms with Gasteiger partial charge in [-0.2, -0.15) is 0 Å². The monoisotopic (exact) mass is 345 g/mol. The summed E-state index contributed by atoms with van der Waals surface area (Å²) in [4.78, 5) is 23.8. The highest BCUT2D eigenvalue weighted by molar-refractivity contribution is 5.90. The molecular formula is C17H20FN5O2. The summed E-state index contributed by atoms with van der Waals surface area (Å²) in [5, 5.41) is 0. The Morgan fingerprint density at radius 1 is 1.28 bits per heavy atom. The first-order valence-electron chi connectivity index (χ1n) is 7.98. The van der Waals surface area contributed by atoms with Crippen LogP contribution >= 0.6 is 0 Å². The van der Waals surface area contributed by atoms with Gasteiger partial charge in [-0.25, -0.2) is 9.37 Å². The highest BCUT2D eigenvalue weighted by atomic mass is 19.1. The Kier molecular flexibility index (Phi) is 5.08. The van der Waals surface area contributed by atoms with Crippen LogP contribution in [0.4, 0.5) is 10.2 Å². The summed E-state index contributed by atoms with van der Waals surface area (Å²) in [5.74, 6) is -0.0420. The number of benzene rings is 1. The summed E-state index contributed by atoms with van der Waals surface area (Å²) >= 11 is 0. The summed E-state index contributed by atoms with van der Waals surface area (Å²) < 4.78 is 18.7. The molecule has 0 aliphatic carbocycles. The Labute approximate surface area is 145 Å². The van der Waals surface area contributed by atoms with Crippen molar-refractivity contribution in [2.75, 3.05) is 38.2 Å². The molecule has 25 heavy (non-hydrogen) atoms. The van der Waals surface area contributed by atoms with Crippen molar-refractivity contribution in [1.82, 2.24) is 14.9 Å². The van der Waals surface area contributed by atoms with Crippen LogP contribution in [0.15, 0.2) is 30.6 Å². The number of aromatic nitrogens is 2. The van der Waals surface area contributed by atoms with Gasteiger partial charge in [-0.1, -0.05) is 6.07 Å². The molecule has 1 aliphatic rings. The predicted octanol–water partition coefficient (Wildman–Crippen LogP) is 1.05. The number of halogens is 1. The Morgan fingerprint density at radius 3 is 2.68 bits per heavy atom. The Balaban J connectivity index is 1.59. The lowest BCUT2D eigenvalue weighted by molar-refractivity contribution is 0.0995. The van der Waals surface area contributed by atoms with Crippen molar-refractivity contribution >= 4 is 11.7 Å². The molecule has 132 valence electrons. The van der Waals surface area contributed by atoms with Gasteiger partial charge in [0.05, 0.1) is 19.5 Å². The number of nitrogens with two attached hydrogens (primary N) is 1. The molecule has 1 aliphatic heterocycles. The predicted molar refractivity (Wildman–Crippen MR) is 91.0 cm³/mol. The van der Waals surface area contributed by atoms with E-state index in [9.17, 15) is 9.18 Å². The van der Waals surface area contributed by atoms with Gasteiger partial charge in [0.15, 0.2) is 11.6 Å².